The lowest BCUT2D eigenvalue weighted by Gasteiger charge is -2.30. The topological polar surface area (TPSA) is 90.6 Å². The molecule has 2 atom stereocenters. The molecule has 132 valence electrons. The van der Waals surface area contributed by atoms with Gasteiger partial charge in [-0.1, -0.05) is 12.8 Å². The van der Waals surface area contributed by atoms with Crippen LogP contribution in [0, 0.1) is 5.92 Å². The Labute approximate surface area is 142 Å². The van der Waals surface area contributed by atoms with E-state index in [9.17, 15) is 9.59 Å². The molecule has 0 heterocycles. The summed E-state index contributed by atoms with van der Waals surface area (Å²) in [6, 6.07) is 5.44. The van der Waals surface area contributed by atoms with Gasteiger partial charge in [0.1, 0.15) is 11.5 Å². The van der Waals surface area contributed by atoms with Crippen LogP contribution in [0.2, 0.25) is 0 Å². The molecule has 0 radical (unpaired) electrons. The largest absolute Gasteiger partial charge is 0.497 e. The van der Waals surface area contributed by atoms with Crippen molar-refractivity contribution in [3.63, 3.8) is 0 Å². The molecule has 0 aliphatic heterocycles. The average Bonchev–Trinajstić information content (AvgIpc) is 2.59. The van der Waals surface area contributed by atoms with Crippen molar-refractivity contribution in [2.24, 2.45) is 11.7 Å². The fourth-order valence-corrected chi connectivity index (χ4v) is 3.19. The van der Waals surface area contributed by atoms with Crippen LogP contribution in [0.1, 0.15) is 37.7 Å². The molecule has 1 saturated carbocycles. The molecule has 6 heteroatoms. The van der Waals surface area contributed by atoms with Crippen molar-refractivity contribution in [1.29, 1.82) is 0 Å². The van der Waals surface area contributed by atoms with E-state index in [-0.39, 0.29) is 23.8 Å². The maximum Gasteiger partial charge on any atom is 0.222 e. The molecule has 24 heavy (non-hydrogen) atoms. The number of benzene rings is 1. The lowest BCUT2D eigenvalue weighted by Crippen LogP contribution is -2.47. The minimum absolute atomic E-state index is 0.0602. The molecule has 0 bridgehead atoms. The Kier molecular flexibility index (Phi) is 6.46. The summed E-state index contributed by atoms with van der Waals surface area (Å²) in [4.78, 5) is 23.7. The van der Waals surface area contributed by atoms with Crippen LogP contribution in [0.3, 0.4) is 0 Å². The Morgan fingerprint density at radius 2 is 1.75 bits per heavy atom. The van der Waals surface area contributed by atoms with Crippen LogP contribution in [0.4, 0.5) is 0 Å². The van der Waals surface area contributed by atoms with E-state index in [0.29, 0.717) is 24.3 Å². The third-order valence-corrected chi connectivity index (χ3v) is 4.53. The number of carbonyl (C=O) groups is 2. The van der Waals surface area contributed by atoms with Crippen LogP contribution in [-0.4, -0.2) is 32.1 Å². The van der Waals surface area contributed by atoms with Gasteiger partial charge >= 0.3 is 0 Å². The molecule has 3 N–H and O–H groups in total. The van der Waals surface area contributed by atoms with E-state index >= 15 is 0 Å². The molecular weight excluding hydrogens is 308 g/mol. The lowest BCUT2D eigenvalue weighted by atomic mass is 9.84. The summed E-state index contributed by atoms with van der Waals surface area (Å²) >= 11 is 0. The van der Waals surface area contributed by atoms with Crippen molar-refractivity contribution in [2.75, 3.05) is 14.2 Å². The molecule has 0 unspecified atom stereocenters. The molecule has 1 fully saturated rings. The predicted molar refractivity (Wildman–Crippen MR) is 91.0 cm³/mol. The number of hydrogen-bond donors (Lipinski definition) is 2. The van der Waals surface area contributed by atoms with Crippen molar-refractivity contribution in [2.45, 2.75) is 44.6 Å². The Hall–Kier alpha value is -2.24. The molecule has 2 rings (SSSR count). The van der Waals surface area contributed by atoms with Gasteiger partial charge in [-0.05, 0) is 37.0 Å². The quantitative estimate of drug-likeness (QED) is 0.795. The van der Waals surface area contributed by atoms with Crippen LogP contribution in [0.15, 0.2) is 18.2 Å². The third kappa shape index (κ3) is 4.88. The highest BCUT2D eigenvalue weighted by molar-refractivity contribution is 5.80. The summed E-state index contributed by atoms with van der Waals surface area (Å²) in [7, 11) is 3.19. The van der Waals surface area contributed by atoms with Crippen molar-refractivity contribution in [3.8, 4) is 11.5 Å². The Morgan fingerprint density at radius 3 is 2.33 bits per heavy atom. The number of nitrogens with one attached hydrogen (secondary N) is 1. The maximum atomic E-state index is 12.2. The smallest absolute Gasteiger partial charge is 0.222 e. The number of amides is 2. The molecule has 0 spiro atoms. The number of hydrogen-bond acceptors (Lipinski definition) is 4. The van der Waals surface area contributed by atoms with Gasteiger partial charge in [-0.3, -0.25) is 9.59 Å². The van der Waals surface area contributed by atoms with Crippen molar-refractivity contribution in [3.05, 3.63) is 23.8 Å². The highest BCUT2D eigenvalue weighted by Gasteiger charge is 2.30. The zero-order valence-electron chi connectivity index (χ0n) is 14.3. The number of rotatable bonds is 7. The number of aryl methyl sites for hydroxylation is 1. The Morgan fingerprint density at radius 1 is 1.12 bits per heavy atom. The maximum absolute atomic E-state index is 12.2. The van der Waals surface area contributed by atoms with Gasteiger partial charge in [-0.15, -0.1) is 0 Å². The fourth-order valence-electron chi connectivity index (χ4n) is 3.19. The summed E-state index contributed by atoms with van der Waals surface area (Å²) in [6.07, 6.45) is 4.50. The number of nitrogens with two attached hydrogens (primary N) is 1. The van der Waals surface area contributed by atoms with Crippen LogP contribution in [0.5, 0.6) is 11.5 Å². The number of carbonyl (C=O) groups excluding carboxylic acids is 2. The first-order valence-corrected chi connectivity index (χ1v) is 8.34. The molecule has 1 aliphatic carbocycles. The first-order chi connectivity index (χ1) is 11.5. The zero-order chi connectivity index (χ0) is 17.5. The summed E-state index contributed by atoms with van der Waals surface area (Å²) < 4.78 is 10.5. The fraction of sp³-hybridized carbons (Fsp3) is 0.556. The van der Waals surface area contributed by atoms with Gasteiger partial charge in [-0.25, -0.2) is 0 Å². The lowest BCUT2D eigenvalue weighted by molar-refractivity contribution is -0.126. The summed E-state index contributed by atoms with van der Waals surface area (Å²) in [5, 5.41) is 2.98. The highest BCUT2D eigenvalue weighted by atomic mass is 16.5. The van der Waals surface area contributed by atoms with Gasteiger partial charge in [0, 0.05) is 18.5 Å². The average molecular weight is 334 g/mol. The van der Waals surface area contributed by atoms with Crippen LogP contribution in [0.25, 0.3) is 0 Å². The van der Waals surface area contributed by atoms with Crippen molar-refractivity contribution >= 4 is 11.8 Å². The predicted octanol–water partition coefficient (Wildman–Crippen LogP) is 1.80. The molecule has 6 nitrogen and oxygen atoms in total. The summed E-state index contributed by atoms with van der Waals surface area (Å²) in [5.74, 6) is 0.767. The molecule has 0 saturated heterocycles. The van der Waals surface area contributed by atoms with Gasteiger partial charge in [0.05, 0.1) is 20.1 Å². The number of methoxy groups -OCH3 is 2. The van der Waals surface area contributed by atoms with Gasteiger partial charge in [-0.2, -0.15) is 0 Å². The Bertz CT molecular complexity index is 566. The Balaban J connectivity index is 1.92. The van der Waals surface area contributed by atoms with E-state index in [4.69, 9.17) is 15.2 Å². The van der Waals surface area contributed by atoms with E-state index in [1.807, 2.05) is 12.1 Å². The van der Waals surface area contributed by atoms with E-state index < -0.39 is 0 Å². The molecule has 1 aromatic rings. The third-order valence-electron chi connectivity index (χ3n) is 4.53. The number of ether oxygens (including phenoxy) is 2. The monoisotopic (exact) mass is 334 g/mol. The van der Waals surface area contributed by atoms with Crippen molar-refractivity contribution < 1.29 is 19.1 Å². The first-order valence-electron chi connectivity index (χ1n) is 8.34. The number of primary amides is 1. The SMILES string of the molecule is COc1cc(CCC(=O)N[C@@H]2CCCC[C@@H]2C(N)=O)cc(OC)c1. The highest BCUT2D eigenvalue weighted by Crippen LogP contribution is 2.25. The van der Waals surface area contributed by atoms with E-state index in [0.717, 1.165) is 31.2 Å². The molecule has 1 aromatic carbocycles. The molecule has 1 aliphatic rings. The van der Waals surface area contributed by atoms with E-state index in [1.165, 1.54) is 0 Å². The summed E-state index contributed by atoms with van der Waals surface area (Å²) in [6.45, 7) is 0. The molecule has 0 aromatic heterocycles. The van der Waals surface area contributed by atoms with E-state index in [1.54, 1.807) is 20.3 Å². The van der Waals surface area contributed by atoms with Crippen molar-refractivity contribution in [1.82, 2.24) is 5.32 Å². The van der Waals surface area contributed by atoms with Gasteiger partial charge < -0.3 is 20.5 Å². The van der Waals surface area contributed by atoms with Crippen LogP contribution >= 0.6 is 0 Å². The van der Waals surface area contributed by atoms with E-state index in [2.05, 4.69) is 5.32 Å². The second kappa shape index (κ2) is 8.57. The molecular formula is C18H26N2O4. The summed E-state index contributed by atoms with van der Waals surface area (Å²) in [5.41, 5.74) is 6.41. The normalized spacial score (nSPS) is 20.2. The second-order valence-electron chi connectivity index (χ2n) is 6.19. The standard InChI is InChI=1S/C18H26N2O4/c1-23-13-9-12(10-14(11-13)24-2)7-8-17(21)20-16-6-4-3-5-15(16)18(19)22/h9-11,15-16H,3-8H2,1-2H3,(H2,19,22)(H,20,21)/t15-,16+/m0/s1. The second-order valence-corrected chi connectivity index (χ2v) is 6.19. The van der Waals surface area contributed by atoms with Gasteiger partial charge in [0.2, 0.25) is 11.8 Å². The minimum atomic E-state index is -0.322. The van der Waals surface area contributed by atoms with Crippen LogP contribution in [-0.2, 0) is 16.0 Å². The van der Waals surface area contributed by atoms with Crippen LogP contribution < -0.4 is 20.5 Å². The van der Waals surface area contributed by atoms with Gasteiger partial charge in [0.15, 0.2) is 0 Å². The minimum Gasteiger partial charge on any atom is -0.497 e. The first kappa shape index (κ1) is 18.1. The molecule has 2 amide bonds. The zero-order valence-corrected chi connectivity index (χ0v) is 14.3. The van der Waals surface area contributed by atoms with Gasteiger partial charge in [0.25, 0.3) is 0 Å².